The van der Waals surface area contributed by atoms with E-state index in [2.05, 4.69) is 21.2 Å². The molecule has 0 unspecified atom stereocenters. The molecular formula is C19H21BrN2O5S. The number of amides is 1. The molecule has 7 nitrogen and oxygen atoms in total. The van der Waals surface area contributed by atoms with Crippen LogP contribution in [0.4, 0.5) is 5.69 Å². The van der Waals surface area contributed by atoms with Gasteiger partial charge in [0.25, 0.3) is 5.91 Å². The van der Waals surface area contributed by atoms with Crippen molar-refractivity contribution in [2.45, 2.75) is 11.8 Å². The Bertz CT molecular complexity index is 941. The molecule has 0 atom stereocenters. The largest absolute Gasteiger partial charge is 0.484 e. The molecule has 1 heterocycles. The molecule has 9 heteroatoms. The number of carbonyl (C=O) groups excluding carboxylic acids is 1. The standard InChI is InChI=1S/C19H21BrN2O5S/c1-14-2-7-17(28(24,25)22-8-10-26-11-9-22)12-18(14)21-19(23)13-27-16-5-3-15(20)4-6-16/h2-7,12H,8-11,13H2,1H3,(H,21,23). The quantitative estimate of drug-likeness (QED) is 0.704. The summed E-state index contributed by atoms with van der Waals surface area (Å²) in [6.45, 7) is 3.01. The van der Waals surface area contributed by atoms with Gasteiger partial charge in [0.05, 0.1) is 18.1 Å². The number of rotatable bonds is 6. The van der Waals surface area contributed by atoms with E-state index in [4.69, 9.17) is 9.47 Å². The summed E-state index contributed by atoms with van der Waals surface area (Å²) in [6, 6.07) is 11.8. The van der Waals surface area contributed by atoms with Gasteiger partial charge in [0, 0.05) is 23.2 Å². The van der Waals surface area contributed by atoms with Crippen LogP contribution in [0.1, 0.15) is 5.56 Å². The first-order valence-electron chi connectivity index (χ1n) is 8.73. The van der Waals surface area contributed by atoms with Crippen LogP contribution in [0.5, 0.6) is 5.75 Å². The maximum atomic E-state index is 12.8. The van der Waals surface area contributed by atoms with E-state index < -0.39 is 10.0 Å². The number of benzene rings is 2. The van der Waals surface area contributed by atoms with Gasteiger partial charge < -0.3 is 14.8 Å². The normalized spacial score (nSPS) is 15.2. The molecule has 1 N–H and O–H groups in total. The number of morpholine rings is 1. The van der Waals surface area contributed by atoms with Crippen LogP contribution >= 0.6 is 15.9 Å². The summed E-state index contributed by atoms with van der Waals surface area (Å²) in [5, 5.41) is 2.73. The molecule has 0 saturated carbocycles. The second-order valence-electron chi connectivity index (χ2n) is 6.28. The molecule has 0 aliphatic carbocycles. The van der Waals surface area contributed by atoms with E-state index in [9.17, 15) is 13.2 Å². The lowest BCUT2D eigenvalue weighted by atomic mass is 10.2. The monoisotopic (exact) mass is 468 g/mol. The fourth-order valence-electron chi connectivity index (χ4n) is 2.70. The second kappa shape index (κ2) is 9.04. The van der Waals surface area contributed by atoms with Crippen LogP contribution in [-0.4, -0.2) is 51.5 Å². The van der Waals surface area contributed by atoms with E-state index in [0.717, 1.165) is 10.0 Å². The minimum atomic E-state index is -3.63. The van der Waals surface area contributed by atoms with E-state index in [1.165, 1.54) is 10.4 Å². The van der Waals surface area contributed by atoms with Crippen molar-refractivity contribution in [1.29, 1.82) is 0 Å². The minimum Gasteiger partial charge on any atom is -0.484 e. The third kappa shape index (κ3) is 5.11. The lowest BCUT2D eigenvalue weighted by molar-refractivity contribution is -0.118. The molecular weight excluding hydrogens is 448 g/mol. The highest BCUT2D eigenvalue weighted by molar-refractivity contribution is 9.10. The number of carbonyl (C=O) groups is 1. The van der Waals surface area contributed by atoms with Crippen LogP contribution in [0.3, 0.4) is 0 Å². The molecule has 0 radical (unpaired) electrons. The van der Waals surface area contributed by atoms with Gasteiger partial charge in [-0.2, -0.15) is 4.31 Å². The van der Waals surface area contributed by atoms with Crippen molar-refractivity contribution < 1.29 is 22.7 Å². The van der Waals surface area contributed by atoms with Gasteiger partial charge in [-0.1, -0.05) is 22.0 Å². The van der Waals surface area contributed by atoms with E-state index in [1.807, 2.05) is 12.1 Å². The molecule has 1 saturated heterocycles. The van der Waals surface area contributed by atoms with Crippen LogP contribution < -0.4 is 10.1 Å². The van der Waals surface area contributed by atoms with Crippen LogP contribution in [0.25, 0.3) is 0 Å². The SMILES string of the molecule is Cc1ccc(S(=O)(=O)N2CCOCC2)cc1NC(=O)COc1ccc(Br)cc1. The lowest BCUT2D eigenvalue weighted by Crippen LogP contribution is -2.40. The Kier molecular flexibility index (Phi) is 6.71. The smallest absolute Gasteiger partial charge is 0.262 e. The summed E-state index contributed by atoms with van der Waals surface area (Å²) in [5.41, 5.74) is 1.21. The van der Waals surface area contributed by atoms with Gasteiger partial charge in [0.2, 0.25) is 10.0 Å². The van der Waals surface area contributed by atoms with E-state index in [0.29, 0.717) is 37.7 Å². The van der Waals surface area contributed by atoms with Gasteiger partial charge in [-0.3, -0.25) is 4.79 Å². The van der Waals surface area contributed by atoms with Crippen molar-refractivity contribution in [2.75, 3.05) is 38.2 Å². The van der Waals surface area contributed by atoms with Crippen LogP contribution in [0.2, 0.25) is 0 Å². The average Bonchev–Trinajstić information content (AvgIpc) is 2.70. The number of hydrogen-bond donors (Lipinski definition) is 1. The van der Waals surface area contributed by atoms with Gasteiger partial charge >= 0.3 is 0 Å². The number of halogens is 1. The summed E-state index contributed by atoms with van der Waals surface area (Å²) >= 11 is 3.33. The Morgan fingerprint density at radius 2 is 1.86 bits per heavy atom. The highest BCUT2D eigenvalue weighted by atomic mass is 79.9. The number of ether oxygens (including phenoxy) is 2. The first-order chi connectivity index (χ1) is 13.4. The zero-order valence-electron chi connectivity index (χ0n) is 15.4. The van der Waals surface area contributed by atoms with Crippen molar-refractivity contribution in [3.63, 3.8) is 0 Å². The Morgan fingerprint density at radius 1 is 1.18 bits per heavy atom. The fourth-order valence-corrected chi connectivity index (χ4v) is 4.40. The highest BCUT2D eigenvalue weighted by Gasteiger charge is 2.26. The van der Waals surface area contributed by atoms with Crippen LogP contribution in [-0.2, 0) is 19.6 Å². The third-order valence-electron chi connectivity index (χ3n) is 4.27. The minimum absolute atomic E-state index is 0.143. The molecule has 0 bridgehead atoms. The molecule has 2 aromatic rings. The zero-order chi connectivity index (χ0) is 20.1. The molecule has 28 heavy (non-hydrogen) atoms. The Morgan fingerprint density at radius 3 is 2.54 bits per heavy atom. The summed E-state index contributed by atoms with van der Waals surface area (Å²) in [7, 11) is -3.63. The maximum absolute atomic E-state index is 12.8. The maximum Gasteiger partial charge on any atom is 0.262 e. The summed E-state index contributed by atoms with van der Waals surface area (Å²) in [6.07, 6.45) is 0. The molecule has 1 amide bonds. The van der Waals surface area contributed by atoms with Gasteiger partial charge in [0.15, 0.2) is 6.61 Å². The van der Waals surface area contributed by atoms with Gasteiger partial charge in [-0.25, -0.2) is 8.42 Å². The number of sulfonamides is 1. The van der Waals surface area contributed by atoms with Crippen LogP contribution in [0.15, 0.2) is 51.8 Å². The molecule has 3 rings (SSSR count). The lowest BCUT2D eigenvalue weighted by Gasteiger charge is -2.26. The number of anilines is 1. The first kappa shape index (κ1) is 20.8. The summed E-state index contributed by atoms with van der Waals surface area (Å²) < 4.78 is 38.6. The Labute approximate surface area is 172 Å². The molecule has 2 aromatic carbocycles. The van der Waals surface area contributed by atoms with E-state index >= 15 is 0 Å². The summed E-state index contributed by atoms with van der Waals surface area (Å²) in [5.74, 6) is 0.200. The molecule has 0 spiro atoms. The van der Waals surface area contributed by atoms with Crippen molar-refractivity contribution in [1.82, 2.24) is 4.31 Å². The van der Waals surface area contributed by atoms with E-state index in [-0.39, 0.29) is 17.4 Å². The van der Waals surface area contributed by atoms with Gasteiger partial charge in [-0.05, 0) is 48.9 Å². The first-order valence-corrected chi connectivity index (χ1v) is 11.0. The predicted octanol–water partition coefficient (Wildman–Crippen LogP) is 2.80. The van der Waals surface area contributed by atoms with Gasteiger partial charge in [-0.15, -0.1) is 0 Å². The Balaban J connectivity index is 1.68. The van der Waals surface area contributed by atoms with Crippen LogP contribution in [0, 0.1) is 6.92 Å². The van der Waals surface area contributed by atoms with Crippen molar-refractivity contribution in [3.05, 3.63) is 52.5 Å². The molecule has 1 aliphatic rings. The van der Waals surface area contributed by atoms with E-state index in [1.54, 1.807) is 31.2 Å². The number of nitrogens with one attached hydrogen (secondary N) is 1. The highest BCUT2D eigenvalue weighted by Crippen LogP contribution is 2.24. The predicted molar refractivity (Wildman–Crippen MR) is 109 cm³/mol. The molecule has 150 valence electrons. The topological polar surface area (TPSA) is 84.9 Å². The third-order valence-corrected chi connectivity index (χ3v) is 6.70. The number of aryl methyl sites for hydroxylation is 1. The zero-order valence-corrected chi connectivity index (χ0v) is 17.8. The fraction of sp³-hybridized carbons (Fsp3) is 0.316. The number of hydrogen-bond acceptors (Lipinski definition) is 5. The molecule has 1 aliphatic heterocycles. The van der Waals surface area contributed by atoms with Crippen molar-refractivity contribution in [2.24, 2.45) is 0 Å². The second-order valence-corrected chi connectivity index (χ2v) is 9.14. The van der Waals surface area contributed by atoms with Crippen molar-refractivity contribution >= 4 is 37.5 Å². The number of nitrogens with zero attached hydrogens (tertiary/aromatic N) is 1. The molecule has 0 aromatic heterocycles. The van der Waals surface area contributed by atoms with Crippen molar-refractivity contribution in [3.8, 4) is 5.75 Å². The average molecular weight is 469 g/mol. The van der Waals surface area contributed by atoms with Gasteiger partial charge in [0.1, 0.15) is 5.75 Å². The summed E-state index contributed by atoms with van der Waals surface area (Å²) in [4.78, 5) is 12.4. The Hall–Kier alpha value is -1.94. The molecule has 1 fully saturated rings.